The number of carbonyl (C=O) groups excluding carboxylic acids is 2. The number of nitrogens with one attached hydrogen (secondary N) is 2. The number of carbonyl (C=O) groups is 2. The van der Waals surface area contributed by atoms with E-state index in [9.17, 15) is 9.59 Å². The summed E-state index contributed by atoms with van der Waals surface area (Å²) in [6.07, 6.45) is 3.54. The first-order valence-electron chi connectivity index (χ1n) is 6.55. The van der Waals surface area contributed by atoms with Crippen molar-refractivity contribution in [3.8, 4) is 0 Å². The lowest BCUT2D eigenvalue weighted by Crippen LogP contribution is -2.33. The molecule has 0 saturated carbocycles. The highest BCUT2D eigenvalue weighted by Crippen LogP contribution is 2.04. The molecule has 0 spiro atoms. The molecule has 5 heteroatoms. The topological polar surface area (TPSA) is 67.4 Å². The summed E-state index contributed by atoms with van der Waals surface area (Å²) in [7, 11) is 0. The third kappa shape index (κ3) is 6.58. The maximum atomic E-state index is 11.4. The quantitative estimate of drug-likeness (QED) is 0.783. The monoisotopic (exact) mass is 276 g/mol. The Morgan fingerprint density at radius 2 is 2.15 bits per heavy atom. The molecule has 0 unspecified atom stereocenters. The summed E-state index contributed by atoms with van der Waals surface area (Å²) in [5.41, 5.74) is 2.17. The molecule has 108 valence electrons. The van der Waals surface area contributed by atoms with Crippen molar-refractivity contribution in [1.82, 2.24) is 10.6 Å². The van der Waals surface area contributed by atoms with Crippen molar-refractivity contribution in [1.29, 1.82) is 0 Å². The van der Waals surface area contributed by atoms with Gasteiger partial charge >= 0.3 is 12.0 Å². The number of urea groups is 1. The molecule has 0 bridgehead atoms. The minimum absolute atomic E-state index is 0.169. The van der Waals surface area contributed by atoms with Crippen molar-refractivity contribution in [2.45, 2.75) is 20.3 Å². The van der Waals surface area contributed by atoms with Crippen LogP contribution in [0.1, 0.15) is 24.5 Å². The molecule has 0 aliphatic carbocycles. The van der Waals surface area contributed by atoms with Crippen molar-refractivity contribution in [3.05, 3.63) is 41.6 Å². The molecule has 0 fully saturated rings. The number of ether oxygens (including phenoxy) is 1. The number of benzene rings is 1. The number of rotatable bonds is 6. The minimum Gasteiger partial charge on any atom is -0.466 e. The summed E-state index contributed by atoms with van der Waals surface area (Å²) in [4.78, 5) is 22.5. The highest BCUT2D eigenvalue weighted by molar-refractivity contribution is 5.77. The molecule has 5 nitrogen and oxygen atoms in total. The van der Waals surface area contributed by atoms with E-state index in [1.807, 2.05) is 31.2 Å². The molecule has 0 aliphatic rings. The lowest BCUT2D eigenvalue weighted by Gasteiger charge is -2.04. The van der Waals surface area contributed by atoms with Crippen molar-refractivity contribution < 1.29 is 14.3 Å². The summed E-state index contributed by atoms with van der Waals surface area (Å²) in [5, 5.41) is 5.14. The average molecular weight is 276 g/mol. The van der Waals surface area contributed by atoms with E-state index >= 15 is 0 Å². The third-order valence-corrected chi connectivity index (χ3v) is 2.45. The summed E-state index contributed by atoms with van der Waals surface area (Å²) in [6.45, 7) is 4.36. The van der Waals surface area contributed by atoms with Crippen molar-refractivity contribution >= 4 is 18.1 Å². The zero-order chi connectivity index (χ0) is 14.8. The van der Waals surface area contributed by atoms with Crippen LogP contribution in [0.15, 0.2) is 30.5 Å². The molecule has 1 rings (SSSR count). The second kappa shape index (κ2) is 8.74. The minimum atomic E-state index is -0.349. The van der Waals surface area contributed by atoms with Crippen molar-refractivity contribution in [2.24, 2.45) is 0 Å². The van der Waals surface area contributed by atoms with Gasteiger partial charge in [0, 0.05) is 12.7 Å². The van der Waals surface area contributed by atoms with Crippen LogP contribution in [0.2, 0.25) is 0 Å². The first kappa shape index (κ1) is 15.8. The Kier molecular flexibility index (Phi) is 6.89. The van der Waals surface area contributed by atoms with Crippen LogP contribution in [0.3, 0.4) is 0 Å². The average Bonchev–Trinajstić information content (AvgIpc) is 2.39. The number of hydrogen-bond donors (Lipinski definition) is 2. The van der Waals surface area contributed by atoms with Gasteiger partial charge in [0.25, 0.3) is 0 Å². The smallest absolute Gasteiger partial charge is 0.318 e. The van der Waals surface area contributed by atoms with E-state index in [4.69, 9.17) is 4.74 Å². The molecule has 0 atom stereocenters. The molecule has 0 aliphatic heterocycles. The standard InChI is InChI=1S/C15H20N2O3/c1-3-20-14(18)8-10-17-15(19)16-9-7-13-6-4-5-12(2)11-13/h4-7,9,11H,3,8,10H2,1-2H3,(H2,16,17,19)/b9-7+. The third-order valence-electron chi connectivity index (χ3n) is 2.45. The molecule has 0 heterocycles. The molecule has 0 radical (unpaired) electrons. The second-order valence-electron chi connectivity index (χ2n) is 4.20. The summed E-state index contributed by atoms with van der Waals surface area (Å²) >= 11 is 0. The second-order valence-corrected chi connectivity index (χ2v) is 4.20. The van der Waals surface area contributed by atoms with Gasteiger partial charge in [-0.25, -0.2) is 4.79 Å². The Morgan fingerprint density at radius 1 is 1.35 bits per heavy atom. The van der Waals surface area contributed by atoms with Gasteiger partial charge in [0.05, 0.1) is 13.0 Å². The first-order chi connectivity index (χ1) is 9.61. The zero-order valence-corrected chi connectivity index (χ0v) is 11.8. The fourth-order valence-electron chi connectivity index (χ4n) is 1.55. The van der Waals surface area contributed by atoms with Crippen LogP contribution in [0.4, 0.5) is 4.79 Å². The van der Waals surface area contributed by atoms with Crippen LogP contribution in [0, 0.1) is 6.92 Å². The van der Waals surface area contributed by atoms with Gasteiger partial charge in [-0.3, -0.25) is 4.79 Å². The zero-order valence-electron chi connectivity index (χ0n) is 11.8. The van der Waals surface area contributed by atoms with Crippen LogP contribution in [-0.4, -0.2) is 25.2 Å². The molecule has 1 aromatic carbocycles. The van der Waals surface area contributed by atoms with E-state index in [0.717, 1.165) is 11.1 Å². The predicted molar refractivity (Wildman–Crippen MR) is 78.0 cm³/mol. The largest absolute Gasteiger partial charge is 0.466 e. The van der Waals surface area contributed by atoms with Gasteiger partial charge in [-0.05, 0) is 25.5 Å². The lowest BCUT2D eigenvalue weighted by molar-refractivity contribution is -0.142. The molecule has 1 aromatic rings. The Bertz CT molecular complexity index is 484. The highest BCUT2D eigenvalue weighted by atomic mass is 16.5. The lowest BCUT2D eigenvalue weighted by atomic mass is 10.1. The molecule has 20 heavy (non-hydrogen) atoms. The van der Waals surface area contributed by atoms with Crippen LogP contribution >= 0.6 is 0 Å². The van der Waals surface area contributed by atoms with E-state index in [-0.39, 0.29) is 25.0 Å². The maximum absolute atomic E-state index is 11.4. The molecular weight excluding hydrogens is 256 g/mol. The fraction of sp³-hybridized carbons (Fsp3) is 0.333. The maximum Gasteiger partial charge on any atom is 0.318 e. The molecule has 0 aromatic heterocycles. The molecule has 2 N–H and O–H groups in total. The van der Waals surface area contributed by atoms with Gasteiger partial charge in [-0.2, -0.15) is 0 Å². The first-order valence-corrected chi connectivity index (χ1v) is 6.55. The van der Waals surface area contributed by atoms with Crippen LogP contribution in [0.25, 0.3) is 6.08 Å². The van der Waals surface area contributed by atoms with E-state index in [1.165, 1.54) is 0 Å². The number of hydrogen-bond acceptors (Lipinski definition) is 3. The number of amides is 2. The van der Waals surface area contributed by atoms with Crippen LogP contribution in [0.5, 0.6) is 0 Å². The molecular formula is C15H20N2O3. The van der Waals surface area contributed by atoms with Gasteiger partial charge in [0.1, 0.15) is 0 Å². The van der Waals surface area contributed by atoms with E-state index in [2.05, 4.69) is 10.6 Å². The van der Waals surface area contributed by atoms with Crippen LogP contribution in [-0.2, 0) is 9.53 Å². The van der Waals surface area contributed by atoms with E-state index in [1.54, 1.807) is 19.2 Å². The Hall–Kier alpha value is -2.30. The van der Waals surface area contributed by atoms with Crippen LogP contribution < -0.4 is 10.6 Å². The van der Waals surface area contributed by atoms with Crippen molar-refractivity contribution in [2.75, 3.05) is 13.2 Å². The Labute approximate surface area is 119 Å². The summed E-state index contributed by atoms with van der Waals surface area (Å²) in [6, 6.07) is 7.57. The van der Waals surface area contributed by atoms with Gasteiger partial charge in [0.15, 0.2) is 0 Å². The van der Waals surface area contributed by atoms with Crippen molar-refractivity contribution in [3.63, 3.8) is 0 Å². The Balaban J connectivity index is 2.24. The fourth-order valence-corrected chi connectivity index (χ4v) is 1.55. The summed E-state index contributed by atoms with van der Waals surface area (Å²) in [5.74, 6) is -0.317. The Morgan fingerprint density at radius 3 is 2.85 bits per heavy atom. The SMILES string of the molecule is CCOC(=O)CCNC(=O)N/C=C/c1cccc(C)c1. The highest BCUT2D eigenvalue weighted by Gasteiger charge is 2.02. The van der Waals surface area contributed by atoms with Gasteiger partial charge in [-0.1, -0.05) is 29.8 Å². The normalized spacial score (nSPS) is 10.3. The molecule has 2 amide bonds. The van der Waals surface area contributed by atoms with Gasteiger partial charge in [-0.15, -0.1) is 0 Å². The number of aryl methyl sites for hydroxylation is 1. The number of esters is 1. The van der Waals surface area contributed by atoms with E-state index in [0.29, 0.717) is 6.61 Å². The predicted octanol–water partition coefficient (Wildman–Crippen LogP) is 2.22. The van der Waals surface area contributed by atoms with Gasteiger partial charge in [0.2, 0.25) is 0 Å². The van der Waals surface area contributed by atoms with E-state index < -0.39 is 0 Å². The van der Waals surface area contributed by atoms with Gasteiger partial charge < -0.3 is 15.4 Å². The summed E-state index contributed by atoms with van der Waals surface area (Å²) < 4.78 is 4.75. The molecule has 0 saturated heterocycles.